The smallest absolute Gasteiger partial charge is 0.188 e. The molecule has 0 radical (unpaired) electrons. The van der Waals surface area contributed by atoms with Crippen molar-refractivity contribution in [3.8, 4) is 39.7 Å². The molecule has 0 spiro atoms. The molecular formula is C46H44N4O. The van der Waals surface area contributed by atoms with Crippen molar-refractivity contribution in [1.82, 2.24) is 14.0 Å². The van der Waals surface area contributed by atoms with Crippen molar-refractivity contribution in [3.63, 3.8) is 0 Å². The van der Waals surface area contributed by atoms with Gasteiger partial charge in [0.1, 0.15) is 17.3 Å². The fourth-order valence-corrected chi connectivity index (χ4v) is 7.48. The molecule has 0 atom stereocenters. The molecule has 0 aliphatic heterocycles. The van der Waals surface area contributed by atoms with Crippen LogP contribution in [-0.2, 0) is 7.05 Å². The second-order valence-corrected chi connectivity index (χ2v) is 14.6. The summed E-state index contributed by atoms with van der Waals surface area (Å²) in [6.07, 6.45) is 7.57. The van der Waals surface area contributed by atoms with Crippen molar-refractivity contribution in [3.05, 3.63) is 144 Å². The molecule has 0 amide bonds. The van der Waals surface area contributed by atoms with Gasteiger partial charge in [-0.15, -0.1) is 0 Å². The summed E-state index contributed by atoms with van der Waals surface area (Å²) >= 11 is 0. The largest absolute Gasteiger partial charge is 0.458 e. The van der Waals surface area contributed by atoms with E-state index in [0.29, 0.717) is 17.8 Å². The number of aryl methyl sites for hydroxylation is 1. The quantitative estimate of drug-likeness (QED) is 0.119. The van der Waals surface area contributed by atoms with Crippen LogP contribution in [0.25, 0.3) is 55.7 Å². The minimum atomic E-state index is 0.346. The van der Waals surface area contributed by atoms with Gasteiger partial charge in [-0.2, -0.15) is 0 Å². The maximum Gasteiger partial charge on any atom is 0.188 e. The highest BCUT2D eigenvalue weighted by Gasteiger charge is 2.21. The summed E-state index contributed by atoms with van der Waals surface area (Å²) in [6.45, 7) is 13.8. The molecule has 0 saturated carbocycles. The lowest BCUT2D eigenvalue weighted by Crippen LogP contribution is -2.25. The number of nitrogens with zero attached hydrogens (tertiary/aromatic N) is 4. The van der Waals surface area contributed by atoms with Gasteiger partial charge in [0.25, 0.3) is 0 Å². The molecule has 0 saturated heterocycles. The fourth-order valence-electron chi connectivity index (χ4n) is 7.48. The van der Waals surface area contributed by atoms with E-state index in [1.165, 1.54) is 27.6 Å². The Morgan fingerprint density at radius 3 is 2.08 bits per heavy atom. The third-order valence-electron chi connectivity index (χ3n) is 10.1. The lowest BCUT2D eigenvalue weighted by Gasteiger charge is -2.24. The summed E-state index contributed by atoms with van der Waals surface area (Å²) in [7, 11) is 2.05. The molecule has 0 N–H and O–H groups in total. The van der Waals surface area contributed by atoms with Crippen LogP contribution in [0.1, 0.15) is 76.0 Å². The van der Waals surface area contributed by atoms with Gasteiger partial charge in [-0.05, 0) is 94.1 Å². The summed E-state index contributed by atoms with van der Waals surface area (Å²) in [5, 5.41) is 2.35. The Morgan fingerprint density at radius 2 is 1.35 bits per heavy atom. The summed E-state index contributed by atoms with van der Waals surface area (Å²) in [5.74, 6) is 3.56. The highest BCUT2D eigenvalue weighted by atomic mass is 16.5. The van der Waals surface area contributed by atoms with Crippen molar-refractivity contribution >= 4 is 27.5 Å². The van der Waals surface area contributed by atoms with Gasteiger partial charge >= 0.3 is 0 Å². The summed E-state index contributed by atoms with van der Waals surface area (Å²) < 4.78 is 13.4. The van der Waals surface area contributed by atoms with Gasteiger partial charge in [0.05, 0.1) is 36.2 Å². The number of pyridine rings is 2. The molecular weight excluding hydrogens is 625 g/mol. The lowest BCUT2D eigenvalue weighted by molar-refractivity contribution is -0.648. The molecule has 8 rings (SSSR count). The van der Waals surface area contributed by atoms with Crippen LogP contribution in [0.4, 0.5) is 0 Å². The van der Waals surface area contributed by atoms with E-state index in [4.69, 9.17) is 9.72 Å². The van der Waals surface area contributed by atoms with E-state index in [1.807, 2.05) is 25.4 Å². The average molecular weight is 669 g/mol. The van der Waals surface area contributed by atoms with E-state index in [2.05, 4.69) is 165 Å². The molecule has 0 unspecified atom stereocenters. The number of ether oxygens (including phenoxy) is 1. The van der Waals surface area contributed by atoms with Gasteiger partial charge in [-0.1, -0.05) is 102 Å². The van der Waals surface area contributed by atoms with Crippen molar-refractivity contribution in [2.75, 3.05) is 0 Å². The number of fused-ring (bicyclic) bond motifs is 4. The first-order valence-corrected chi connectivity index (χ1v) is 18.0. The van der Waals surface area contributed by atoms with E-state index >= 15 is 0 Å². The first kappa shape index (κ1) is 32.5. The van der Waals surface area contributed by atoms with Crippen LogP contribution in [0.2, 0.25) is 0 Å². The van der Waals surface area contributed by atoms with Gasteiger partial charge in [0, 0.05) is 23.0 Å². The SMILES string of the molecule is CC(C)c1cc(C(C)C)c(-c2cc(Oc3ccc4c5ccccc5n(-c5ccccn5)c4c3)cc(-c3[c-][n+](C)c4ccccn34)c2)c(C(C)C)c1. The molecule has 0 aliphatic rings. The Kier molecular flexibility index (Phi) is 8.22. The Morgan fingerprint density at radius 1 is 0.647 bits per heavy atom. The lowest BCUT2D eigenvalue weighted by atomic mass is 9.81. The van der Waals surface area contributed by atoms with E-state index in [1.54, 1.807) is 0 Å². The summed E-state index contributed by atoms with van der Waals surface area (Å²) in [4.78, 5) is 4.73. The summed E-state index contributed by atoms with van der Waals surface area (Å²) in [5.41, 5.74) is 11.8. The molecule has 0 bridgehead atoms. The Bertz CT molecular complexity index is 2520. The van der Waals surface area contributed by atoms with E-state index in [9.17, 15) is 0 Å². The van der Waals surface area contributed by atoms with Crippen LogP contribution >= 0.6 is 0 Å². The fraction of sp³-hybridized carbons (Fsp3) is 0.217. The third-order valence-corrected chi connectivity index (χ3v) is 10.1. The van der Waals surface area contributed by atoms with E-state index in [0.717, 1.165) is 56.2 Å². The zero-order valence-corrected chi connectivity index (χ0v) is 30.5. The number of rotatable bonds is 8. The number of hydrogen-bond acceptors (Lipinski definition) is 2. The van der Waals surface area contributed by atoms with Gasteiger partial charge in [-0.3, -0.25) is 8.97 Å². The predicted molar refractivity (Wildman–Crippen MR) is 209 cm³/mol. The number of imidazole rings is 1. The number of benzene rings is 4. The van der Waals surface area contributed by atoms with Gasteiger partial charge in [0.15, 0.2) is 5.65 Å². The van der Waals surface area contributed by atoms with Gasteiger partial charge < -0.3 is 9.30 Å². The maximum atomic E-state index is 6.92. The molecule has 0 fully saturated rings. The first-order valence-electron chi connectivity index (χ1n) is 18.0. The molecule has 51 heavy (non-hydrogen) atoms. The van der Waals surface area contributed by atoms with Gasteiger partial charge in [-0.25, -0.2) is 4.98 Å². The standard InChI is InChI=1S/C46H44N4O/c1-29(2)32-25-39(30(3)4)46(40(26-32)31(5)6)34-22-33(43-28-48(7)45-17-11-13-21-49(43)45)23-36(24-34)51-35-18-19-38-37-14-8-9-15-41(37)50(42(38)27-35)44-16-10-12-20-47-44/h8-27,29-31H,1-7H3. The normalized spacial score (nSPS) is 12.0. The van der Waals surface area contributed by atoms with Crippen molar-refractivity contribution in [2.24, 2.45) is 7.05 Å². The molecule has 8 aromatic rings. The zero-order chi connectivity index (χ0) is 35.4. The minimum Gasteiger partial charge on any atom is -0.458 e. The van der Waals surface area contributed by atoms with E-state index < -0.39 is 0 Å². The Balaban J connectivity index is 1.35. The predicted octanol–water partition coefficient (Wildman–Crippen LogP) is 11.6. The average Bonchev–Trinajstić information content (AvgIpc) is 3.65. The van der Waals surface area contributed by atoms with Crippen molar-refractivity contribution < 1.29 is 9.30 Å². The van der Waals surface area contributed by atoms with Crippen LogP contribution in [0, 0.1) is 6.20 Å². The topological polar surface area (TPSA) is 35.3 Å². The molecule has 4 aromatic carbocycles. The molecule has 5 heteroatoms. The van der Waals surface area contributed by atoms with Gasteiger partial charge in [0.2, 0.25) is 0 Å². The minimum absolute atomic E-state index is 0.346. The molecule has 5 nitrogen and oxygen atoms in total. The van der Waals surface area contributed by atoms with E-state index in [-0.39, 0.29) is 0 Å². The molecule has 0 aliphatic carbocycles. The number of para-hydroxylation sites is 1. The molecule has 4 heterocycles. The zero-order valence-electron chi connectivity index (χ0n) is 30.5. The monoisotopic (exact) mass is 668 g/mol. The van der Waals surface area contributed by atoms with Crippen LogP contribution in [0.5, 0.6) is 11.5 Å². The maximum absolute atomic E-state index is 6.92. The van der Waals surface area contributed by atoms with Crippen molar-refractivity contribution in [1.29, 1.82) is 0 Å². The summed E-state index contributed by atoms with van der Waals surface area (Å²) in [6, 6.07) is 38.7. The second kappa shape index (κ2) is 12.9. The van der Waals surface area contributed by atoms with Crippen LogP contribution < -0.4 is 9.30 Å². The Hall–Kier alpha value is -5.68. The van der Waals surface area contributed by atoms with Crippen molar-refractivity contribution in [2.45, 2.75) is 59.3 Å². The molecule has 4 aromatic heterocycles. The number of aromatic nitrogens is 4. The van der Waals surface area contributed by atoms with Crippen LogP contribution in [0.15, 0.2) is 122 Å². The number of hydrogen-bond donors (Lipinski definition) is 0. The third kappa shape index (κ3) is 5.77. The second-order valence-electron chi connectivity index (χ2n) is 14.6. The Labute approximate surface area is 300 Å². The molecule has 254 valence electrons. The van der Waals surface area contributed by atoms with Crippen LogP contribution in [-0.4, -0.2) is 14.0 Å². The highest BCUT2D eigenvalue weighted by molar-refractivity contribution is 6.09. The van der Waals surface area contributed by atoms with Crippen LogP contribution in [0.3, 0.4) is 0 Å². The first-order chi connectivity index (χ1) is 24.7. The highest BCUT2D eigenvalue weighted by Crippen LogP contribution is 2.43.